The van der Waals surface area contributed by atoms with Gasteiger partial charge in [-0.1, -0.05) is 31.1 Å². The molecule has 4 nitrogen and oxygen atoms in total. The van der Waals surface area contributed by atoms with Crippen molar-refractivity contribution in [2.75, 3.05) is 6.54 Å². The maximum Gasteiger partial charge on any atom is 0.170 e. The number of benzene rings is 1. The van der Waals surface area contributed by atoms with Crippen molar-refractivity contribution in [3.63, 3.8) is 0 Å². The Kier molecular flexibility index (Phi) is 4.65. The van der Waals surface area contributed by atoms with Gasteiger partial charge in [0.15, 0.2) is 5.84 Å². The highest BCUT2D eigenvalue weighted by atomic mass is 16.4. The van der Waals surface area contributed by atoms with Gasteiger partial charge in [0.1, 0.15) is 0 Å². The quantitative estimate of drug-likeness (QED) is 0.363. The molecular weight excluding hydrogens is 250 g/mol. The summed E-state index contributed by atoms with van der Waals surface area (Å²) in [7, 11) is 0. The summed E-state index contributed by atoms with van der Waals surface area (Å²) in [4.78, 5) is 2.58. The molecule has 1 aliphatic carbocycles. The molecule has 20 heavy (non-hydrogen) atoms. The average molecular weight is 275 g/mol. The molecule has 4 heteroatoms. The van der Waals surface area contributed by atoms with Gasteiger partial charge in [0, 0.05) is 24.7 Å². The summed E-state index contributed by atoms with van der Waals surface area (Å²) in [6, 6.07) is 6.78. The zero-order valence-electron chi connectivity index (χ0n) is 12.6. The van der Waals surface area contributed by atoms with Crippen molar-refractivity contribution in [1.29, 1.82) is 0 Å². The Balaban J connectivity index is 2.12. The number of rotatable bonds is 6. The Morgan fingerprint density at radius 2 is 2.15 bits per heavy atom. The van der Waals surface area contributed by atoms with E-state index in [1.165, 1.54) is 24.0 Å². The third-order valence-corrected chi connectivity index (χ3v) is 3.78. The van der Waals surface area contributed by atoms with E-state index in [0.717, 1.165) is 24.7 Å². The van der Waals surface area contributed by atoms with E-state index >= 15 is 0 Å². The van der Waals surface area contributed by atoms with Gasteiger partial charge < -0.3 is 10.9 Å². The van der Waals surface area contributed by atoms with Crippen molar-refractivity contribution >= 4 is 5.84 Å². The summed E-state index contributed by atoms with van der Waals surface area (Å²) in [6.07, 6.45) is 2.65. The predicted octanol–water partition coefficient (Wildman–Crippen LogP) is 2.71. The first kappa shape index (κ1) is 14.9. The number of hydrogen-bond acceptors (Lipinski definition) is 3. The van der Waals surface area contributed by atoms with Crippen molar-refractivity contribution in [3.8, 4) is 0 Å². The Labute approximate surface area is 121 Å². The van der Waals surface area contributed by atoms with Crippen LogP contribution in [-0.2, 0) is 6.54 Å². The molecule has 1 aliphatic rings. The van der Waals surface area contributed by atoms with E-state index in [9.17, 15) is 0 Å². The molecule has 0 atom stereocenters. The van der Waals surface area contributed by atoms with Crippen LogP contribution in [-0.4, -0.2) is 28.5 Å². The molecule has 1 fully saturated rings. The smallest absolute Gasteiger partial charge is 0.170 e. The van der Waals surface area contributed by atoms with Crippen LogP contribution in [0.15, 0.2) is 23.4 Å². The second-order valence-corrected chi connectivity index (χ2v) is 6.18. The number of aryl methyl sites for hydroxylation is 1. The fourth-order valence-corrected chi connectivity index (χ4v) is 2.56. The molecule has 2 rings (SSSR count). The second kappa shape index (κ2) is 6.27. The second-order valence-electron chi connectivity index (χ2n) is 6.18. The summed E-state index contributed by atoms with van der Waals surface area (Å²) in [5.74, 6) is 0.855. The molecule has 1 saturated carbocycles. The number of hydrogen-bond donors (Lipinski definition) is 2. The molecule has 1 aromatic rings. The molecule has 0 radical (unpaired) electrons. The van der Waals surface area contributed by atoms with Crippen LogP contribution < -0.4 is 5.73 Å². The van der Waals surface area contributed by atoms with E-state index < -0.39 is 0 Å². The molecule has 0 aromatic heterocycles. The lowest BCUT2D eigenvalue weighted by atomic mass is 10.0. The lowest BCUT2D eigenvalue weighted by molar-refractivity contribution is 0.225. The number of nitrogens with zero attached hydrogens (tertiary/aromatic N) is 2. The van der Waals surface area contributed by atoms with Gasteiger partial charge in [0.05, 0.1) is 0 Å². The van der Waals surface area contributed by atoms with Crippen LogP contribution >= 0.6 is 0 Å². The van der Waals surface area contributed by atoms with E-state index in [-0.39, 0.29) is 5.84 Å². The van der Waals surface area contributed by atoms with Gasteiger partial charge in [-0.15, -0.1) is 0 Å². The van der Waals surface area contributed by atoms with Gasteiger partial charge in [-0.25, -0.2) is 0 Å². The first-order chi connectivity index (χ1) is 9.51. The molecule has 3 N–H and O–H groups in total. The standard InChI is InChI=1S/C16H25N3O/c1-11(2)9-19(15-6-7-15)10-14-5-4-13(8-12(14)3)16(17)18-20/h4-5,8,11,15,20H,6-7,9-10H2,1-3H3,(H2,17,18). The average Bonchev–Trinajstić information content (AvgIpc) is 3.23. The van der Waals surface area contributed by atoms with Gasteiger partial charge in [-0.3, -0.25) is 4.90 Å². The van der Waals surface area contributed by atoms with Gasteiger partial charge in [0.2, 0.25) is 0 Å². The summed E-state index contributed by atoms with van der Waals surface area (Å²) >= 11 is 0. The summed E-state index contributed by atoms with van der Waals surface area (Å²) < 4.78 is 0. The Hall–Kier alpha value is -1.55. The Morgan fingerprint density at radius 3 is 2.65 bits per heavy atom. The van der Waals surface area contributed by atoms with Crippen LogP contribution in [0.25, 0.3) is 0 Å². The van der Waals surface area contributed by atoms with Crippen molar-refractivity contribution in [2.24, 2.45) is 16.8 Å². The normalized spacial score (nSPS) is 16.1. The minimum atomic E-state index is 0.167. The SMILES string of the molecule is Cc1cc(/C(N)=N/O)ccc1CN(CC(C)C)C1CC1. The van der Waals surface area contributed by atoms with E-state index in [1.807, 2.05) is 12.1 Å². The monoisotopic (exact) mass is 275 g/mol. The lowest BCUT2D eigenvalue weighted by Gasteiger charge is -2.25. The Bertz CT molecular complexity index is 492. The first-order valence-corrected chi connectivity index (χ1v) is 7.32. The van der Waals surface area contributed by atoms with Crippen LogP contribution in [0.1, 0.15) is 43.4 Å². The third kappa shape index (κ3) is 3.73. The van der Waals surface area contributed by atoms with E-state index in [0.29, 0.717) is 5.92 Å². The zero-order valence-corrected chi connectivity index (χ0v) is 12.6. The van der Waals surface area contributed by atoms with Crippen LogP contribution in [0.5, 0.6) is 0 Å². The van der Waals surface area contributed by atoms with Crippen LogP contribution in [0, 0.1) is 12.8 Å². The predicted molar refractivity (Wildman–Crippen MR) is 82.0 cm³/mol. The highest BCUT2D eigenvalue weighted by Crippen LogP contribution is 2.29. The molecule has 1 aromatic carbocycles. The molecule has 0 aliphatic heterocycles. The van der Waals surface area contributed by atoms with Crippen molar-refractivity contribution in [2.45, 2.75) is 46.2 Å². The molecular formula is C16H25N3O. The van der Waals surface area contributed by atoms with Crippen LogP contribution in [0.2, 0.25) is 0 Å². The molecule has 0 unspecified atom stereocenters. The summed E-state index contributed by atoms with van der Waals surface area (Å²) in [5, 5.41) is 11.8. The van der Waals surface area contributed by atoms with Gasteiger partial charge in [-0.05, 0) is 42.9 Å². The van der Waals surface area contributed by atoms with Crippen molar-refractivity contribution in [1.82, 2.24) is 4.90 Å². The van der Waals surface area contributed by atoms with Crippen molar-refractivity contribution < 1.29 is 5.21 Å². The Morgan fingerprint density at radius 1 is 1.45 bits per heavy atom. The molecule has 0 bridgehead atoms. The maximum absolute atomic E-state index is 8.73. The topological polar surface area (TPSA) is 61.9 Å². The molecule has 110 valence electrons. The highest BCUT2D eigenvalue weighted by Gasteiger charge is 2.29. The molecule has 0 saturated heterocycles. The first-order valence-electron chi connectivity index (χ1n) is 7.32. The van der Waals surface area contributed by atoms with Crippen LogP contribution in [0.3, 0.4) is 0 Å². The zero-order chi connectivity index (χ0) is 14.7. The minimum Gasteiger partial charge on any atom is -0.409 e. The minimum absolute atomic E-state index is 0.167. The number of nitrogens with two attached hydrogens (primary N) is 1. The third-order valence-electron chi connectivity index (χ3n) is 3.78. The fourth-order valence-electron chi connectivity index (χ4n) is 2.56. The molecule has 0 spiro atoms. The number of oxime groups is 1. The largest absolute Gasteiger partial charge is 0.409 e. The fraction of sp³-hybridized carbons (Fsp3) is 0.562. The van der Waals surface area contributed by atoms with Gasteiger partial charge in [0.25, 0.3) is 0 Å². The maximum atomic E-state index is 8.73. The van der Waals surface area contributed by atoms with Gasteiger partial charge in [-0.2, -0.15) is 0 Å². The van der Waals surface area contributed by atoms with E-state index in [4.69, 9.17) is 10.9 Å². The van der Waals surface area contributed by atoms with E-state index in [2.05, 4.69) is 36.9 Å². The molecule has 0 amide bonds. The van der Waals surface area contributed by atoms with Crippen LogP contribution in [0.4, 0.5) is 0 Å². The lowest BCUT2D eigenvalue weighted by Crippen LogP contribution is -2.29. The summed E-state index contributed by atoms with van der Waals surface area (Å²) in [5.41, 5.74) is 8.93. The summed E-state index contributed by atoms with van der Waals surface area (Å²) in [6.45, 7) is 8.76. The van der Waals surface area contributed by atoms with E-state index in [1.54, 1.807) is 0 Å². The molecule has 0 heterocycles. The van der Waals surface area contributed by atoms with Crippen molar-refractivity contribution in [3.05, 3.63) is 34.9 Å². The number of amidine groups is 1. The van der Waals surface area contributed by atoms with Gasteiger partial charge >= 0.3 is 0 Å². The highest BCUT2D eigenvalue weighted by molar-refractivity contribution is 5.97.